The van der Waals surface area contributed by atoms with Crippen molar-refractivity contribution in [2.24, 2.45) is 5.92 Å². The molecule has 1 saturated heterocycles. The second kappa shape index (κ2) is 9.73. The van der Waals surface area contributed by atoms with Crippen molar-refractivity contribution in [3.8, 4) is 0 Å². The third-order valence-electron chi connectivity index (χ3n) is 5.43. The van der Waals surface area contributed by atoms with Crippen molar-refractivity contribution in [2.75, 3.05) is 26.2 Å². The van der Waals surface area contributed by atoms with Gasteiger partial charge in [0.1, 0.15) is 0 Å². The summed E-state index contributed by atoms with van der Waals surface area (Å²) < 4.78 is 7.88. The van der Waals surface area contributed by atoms with Crippen LogP contribution in [0.25, 0.3) is 0 Å². The number of ether oxygens (including phenoxy) is 1. The summed E-state index contributed by atoms with van der Waals surface area (Å²) in [7, 11) is 0. The summed E-state index contributed by atoms with van der Waals surface area (Å²) in [6, 6.07) is -0.0393. The maximum atomic E-state index is 12.6. The Bertz CT molecular complexity index is 606. The minimum absolute atomic E-state index is 0.00828. The third-order valence-corrected chi connectivity index (χ3v) is 5.43. The zero-order valence-electron chi connectivity index (χ0n) is 16.1. The van der Waals surface area contributed by atoms with E-state index in [-0.39, 0.29) is 30.0 Å². The molecule has 1 aromatic heterocycles. The normalized spacial score (nSPS) is 24.9. The van der Waals surface area contributed by atoms with E-state index in [4.69, 9.17) is 4.74 Å². The molecule has 2 heterocycles. The van der Waals surface area contributed by atoms with Gasteiger partial charge >= 0.3 is 6.03 Å². The Hall–Kier alpha value is -2.09. The molecule has 27 heavy (non-hydrogen) atoms. The summed E-state index contributed by atoms with van der Waals surface area (Å²) >= 11 is 0. The van der Waals surface area contributed by atoms with Crippen molar-refractivity contribution in [1.82, 2.24) is 25.1 Å². The van der Waals surface area contributed by atoms with Crippen molar-refractivity contribution >= 4 is 11.9 Å². The quantitative estimate of drug-likeness (QED) is 0.703. The number of amides is 3. The molecule has 8 nitrogen and oxygen atoms in total. The molecule has 1 aliphatic carbocycles. The van der Waals surface area contributed by atoms with Gasteiger partial charge in [0.25, 0.3) is 0 Å². The summed E-state index contributed by atoms with van der Waals surface area (Å²) in [6.45, 7) is 5.38. The Morgan fingerprint density at radius 2 is 2.15 bits per heavy atom. The van der Waals surface area contributed by atoms with Crippen LogP contribution in [0, 0.1) is 5.92 Å². The lowest BCUT2D eigenvalue weighted by Crippen LogP contribution is -2.59. The summed E-state index contributed by atoms with van der Waals surface area (Å²) in [4.78, 5) is 30.9. The molecular weight excluding hydrogens is 346 g/mol. The maximum Gasteiger partial charge on any atom is 0.317 e. The number of carbonyl (C=O) groups is 2. The number of hydrogen-bond acceptors (Lipinski definition) is 4. The molecular formula is C19H31N5O3. The van der Waals surface area contributed by atoms with Gasteiger partial charge in [-0.15, -0.1) is 0 Å². The van der Waals surface area contributed by atoms with Gasteiger partial charge in [-0.1, -0.05) is 6.92 Å². The van der Waals surface area contributed by atoms with Crippen molar-refractivity contribution in [2.45, 2.75) is 57.7 Å². The zero-order valence-corrected chi connectivity index (χ0v) is 16.1. The van der Waals surface area contributed by atoms with Gasteiger partial charge in [0, 0.05) is 44.5 Å². The van der Waals surface area contributed by atoms with E-state index >= 15 is 0 Å². The number of nitrogens with one attached hydrogen (secondary N) is 2. The van der Waals surface area contributed by atoms with Crippen LogP contribution in [0.15, 0.2) is 18.7 Å². The second-order valence-electron chi connectivity index (χ2n) is 7.36. The summed E-state index contributed by atoms with van der Waals surface area (Å²) in [5.41, 5.74) is 0. The SMILES string of the molecule is CCCNC(=O)N1CCO[C@@H]2CC[C@H](C(=O)NCCCn3ccnc3)C[C@H]21. The smallest absolute Gasteiger partial charge is 0.317 e. The lowest BCUT2D eigenvalue weighted by atomic mass is 9.81. The molecule has 2 aliphatic rings. The van der Waals surface area contributed by atoms with Gasteiger partial charge in [-0.05, 0) is 32.1 Å². The molecule has 3 atom stereocenters. The third kappa shape index (κ3) is 5.22. The summed E-state index contributed by atoms with van der Waals surface area (Å²) in [6.07, 6.45) is 9.62. The molecule has 150 valence electrons. The fourth-order valence-electron chi connectivity index (χ4n) is 3.97. The number of hydrogen-bond donors (Lipinski definition) is 2. The molecule has 0 unspecified atom stereocenters. The average Bonchev–Trinajstić information content (AvgIpc) is 3.22. The molecule has 1 saturated carbocycles. The largest absolute Gasteiger partial charge is 0.374 e. The molecule has 8 heteroatoms. The van der Waals surface area contributed by atoms with E-state index in [1.54, 1.807) is 12.5 Å². The average molecular weight is 377 g/mol. The number of urea groups is 1. The molecule has 3 rings (SSSR count). The fourth-order valence-corrected chi connectivity index (χ4v) is 3.97. The number of nitrogens with zero attached hydrogens (tertiary/aromatic N) is 3. The summed E-state index contributed by atoms with van der Waals surface area (Å²) in [5, 5.41) is 6.01. The van der Waals surface area contributed by atoms with E-state index in [1.807, 2.05) is 22.6 Å². The van der Waals surface area contributed by atoms with Gasteiger partial charge in [0.2, 0.25) is 5.91 Å². The van der Waals surface area contributed by atoms with Crippen LogP contribution in [0.1, 0.15) is 39.0 Å². The van der Waals surface area contributed by atoms with Crippen LogP contribution in [-0.4, -0.2) is 64.8 Å². The van der Waals surface area contributed by atoms with Crippen LogP contribution < -0.4 is 10.6 Å². The Balaban J connectivity index is 1.47. The Kier molecular flexibility index (Phi) is 7.09. The molecule has 1 aromatic rings. The highest BCUT2D eigenvalue weighted by molar-refractivity contribution is 5.79. The molecule has 1 aliphatic heterocycles. The minimum Gasteiger partial charge on any atom is -0.374 e. The maximum absolute atomic E-state index is 12.6. The highest BCUT2D eigenvalue weighted by Crippen LogP contribution is 2.32. The van der Waals surface area contributed by atoms with Crippen LogP contribution in [-0.2, 0) is 16.1 Å². The van der Waals surface area contributed by atoms with Crippen LogP contribution in [0.3, 0.4) is 0 Å². The predicted octanol–water partition coefficient (Wildman–Crippen LogP) is 1.38. The first-order valence-electron chi connectivity index (χ1n) is 10.1. The van der Waals surface area contributed by atoms with Gasteiger partial charge in [0.15, 0.2) is 0 Å². The molecule has 0 aromatic carbocycles. The van der Waals surface area contributed by atoms with Crippen molar-refractivity contribution in [3.63, 3.8) is 0 Å². The van der Waals surface area contributed by atoms with E-state index in [0.717, 1.165) is 32.2 Å². The van der Waals surface area contributed by atoms with Crippen LogP contribution in [0.4, 0.5) is 4.79 Å². The van der Waals surface area contributed by atoms with Crippen molar-refractivity contribution in [1.29, 1.82) is 0 Å². The predicted molar refractivity (Wildman–Crippen MR) is 101 cm³/mol. The topological polar surface area (TPSA) is 88.5 Å². The number of rotatable bonds is 7. The molecule has 0 spiro atoms. The van der Waals surface area contributed by atoms with E-state index in [1.165, 1.54) is 0 Å². The number of morpholine rings is 1. The van der Waals surface area contributed by atoms with Gasteiger partial charge < -0.3 is 24.8 Å². The lowest BCUT2D eigenvalue weighted by molar-refractivity contribution is -0.131. The second-order valence-corrected chi connectivity index (χ2v) is 7.36. The van der Waals surface area contributed by atoms with Gasteiger partial charge in [-0.25, -0.2) is 9.78 Å². The lowest BCUT2D eigenvalue weighted by Gasteiger charge is -2.45. The number of fused-ring (bicyclic) bond motifs is 1. The Labute approximate surface area is 160 Å². The van der Waals surface area contributed by atoms with Crippen LogP contribution in [0.2, 0.25) is 0 Å². The highest BCUT2D eigenvalue weighted by atomic mass is 16.5. The zero-order chi connectivity index (χ0) is 19.1. The van der Waals surface area contributed by atoms with Crippen molar-refractivity contribution in [3.05, 3.63) is 18.7 Å². The number of imidazole rings is 1. The first-order valence-corrected chi connectivity index (χ1v) is 10.1. The Morgan fingerprint density at radius 3 is 2.93 bits per heavy atom. The van der Waals surface area contributed by atoms with Crippen LogP contribution >= 0.6 is 0 Å². The Morgan fingerprint density at radius 1 is 1.26 bits per heavy atom. The fraction of sp³-hybridized carbons (Fsp3) is 0.737. The molecule has 2 N–H and O–H groups in total. The molecule has 2 fully saturated rings. The molecule has 0 radical (unpaired) electrons. The summed E-state index contributed by atoms with van der Waals surface area (Å²) in [5.74, 6) is 0.0428. The van der Waals surface area contributed by atoms with Gasteiger partial charge in [0.05, 0.1) is 25.1 Å². The van der Waals surface area contributed by atoms with E-state index in [2.05, 4.69) is 15.6 Å². The minimum atomic E-state index is -0.0531. The van der Waals surface area contributed by atoms with E-state index in [0.29, 0.717) is 32.7 Å². The van der Waals surface area contributed by atoms with Gasteiger partial charge in [-0.2, -0.15) is 0 Å². The standard InChI is InChI=1S/C19H31N5O3/c1-2-6-22-19(26)24-11-12-27-17-5-4-15(13-16(17)24)18(25)21-7-3-9-23-10-8-20-14-23/h8,10,14-17H,2-7,9,11-13H2,1H3,(H,21,25)(H,22,26)/t15-,16+,17+/m0/s1. The monoisotopic (exact) mass is 377 g/mol. The molecule has 3 amide bonds. The number of aromatic nitrogens is 2. The van der Waals surface area contributed by atoms with Crippen LogP contribution in [0.5, 0.6) is 0 Å². The first kappa shape index (κ1) is 19.7. The highest BCUT2D eigenvalue weighted by Gasteiger charge is 2.41. The first-order chi connectivity index (χ1) is 13.2. The van der Waals surface area contributed by atoms with Crippen molar-refractivity contribution < 1.29 is 14.3 Å². The number of aryl methyl sites for hydroxylation is 1. The molecule has 0 bridgehead atoms. The van der Waals surface area contributed by atoms with Gasteiger partial charge in [-0.3, -0.25) is 4.79 Å². The van der Waals surface area contributed by atoms with E-state index in [9.17, 15) is 9.59 Å². The number of carbonyl (C=O) groups excluding carboxylic acids is 2. The van der Waals surface area contributed by atoms with E-state index < -0.39 is 0 Å².